The van der Waals surface area contributed by atoms with E-state index in [0.29, 0.717) is 5.69 Å². The minimum Gasteiger partial charge on any atom is -0.359 e. The molecule has 0 aliphatic heterocycles. The number of sulfonamides is 1. The van der Waals surface area contributed by atoms with E-state index in [0.717, 1.165) is 0 Å². The van der Waals surface area contributed by atoms with Gasteiger partial charge in [-0.15, -0.1) is 0 Å². The van der Waals surface area contributed by atoms with E-state index in [1.807, 2.05) is 0 Å². The number of benzene rings is 2. The Balaban J connectivity index is 1.82. The van der Waals surface area contributed by atoms with Gasteiger partial charge in [-0.25, -0.2) is 13.6 Å². The highest BCUT2D eigenvalue weighted by molar-refractivity contribution is 7.89. The Labute approximate surface area is 129 Å². The highest BCUT2D eigenvalue weighted by Crippen LogP contribution is 2.15. The quantitative estimate of drug-likeness (QED) is 0.662. The van der Waals surface area contributed by atoms with Crippen LogP contribution in [-0.2, 0) is 10.0 Å². The molecule has 9 nitrogen and oxygen atoms in total. The number of nitrogens with zero attached hydrogens (tertiary/aromatic N) is 2. The van der Waals surface area contributed by atoms with Gasteiger partial charge in [0.1, 0.15) is 0 Å². The zero-order chi connectivity index (χ0) is 16.6. The number of fused-ring (bicyclic) bond motifs is 1. The first-order valence-corrected chi connectivity index (χ1v) is 7.83. The number of primary sulfonamides is 1. The Morgan fingerprint density at radius 2 is 1.91 bits per heavy atom. The molecule has 1 aromatic heterocycles. The van der Waals surface area contributed by atoms with E-state index in [-0.39, 0.29) is 26.4 Å². The van der Waals surface area contributed by atoms with Crippen molar-refractivity contribution in [1.82, 2.24) is 5.16 Å². The van der Waals surface area contributed by atoms with Crippen molar-refractivity contribution in [1.29, 1.82) is 0 Å². The van der Waals surface area contributed by atoms with Crippen LogP contribution in [0.4, 0.5) is 5.69 Å². The molecule has 0 fully saturated rings. The normalized spacial score (nSPS) is 11.5. The zero-order valence-electron chi connectivity index (χ0n) is 11.5. The average Bonchev–Trinajstić information content (AvgIpc) is 2.88. The molecule has 0 aliphatic rings. The van der Waals surface area contributed by atoms with Gasteiger partial charge in [0, 0.05) is 22.5 Å². The van der Waals surface area contributed by atoms with E-state index >= 15 is 0 Å². The number of anilines is 1. The smallest absolute Gasteiger partial charge is 0.255 e. The van der Waals surface area contributed by atoms with Crippen LogP contribution in [0.15, 0.2) is 52.0 Å². The van der Waals surface area contributed by atoms with Crippen LogP contribution in [-0.4, -0.2) is 19.5 Å². The van der Waals surface area contributed by atoms with Crippen molar-refractivity contribution in [3.8, 4) is 0 Å². The molecule has 23 heavy (non-hydrogen) atoms. The Hall–Kier alpha value is -2.98. The molecule has 10 heteroatoms. The Bertz CT molecular complexity index is 995. The maximum Gasteiger partial charge on any atom is 0.255 e. The Morgan fingerprint density at radius 3 is 2.57 bits per heavy atom. The van der Waals surface area contributed by atoms with Crippen LogP contribution >= 0.6 is 0 Å². The lowest BCUT2D eigenvalue weighted by Gasteiger charge is -2.05. The molecule has 2 aromatic carbocycles. The van der Waals surface area contributed by atoms with Crippen molar-refractivity contribution in [2.24, 2.45) is 5.14 Å². The summed E-state index contributed by atoms with van der Waals surface area (Å²) in [5, 5.41) is 22.3. The highest BCUT2D eigenvalue weighted by atomic mass is 32.2. The number of aromatic nitrogens is 2. The molecule has 3 aromatic rings. The first-order valence-electron chi connectivity index (χ1n) is 6.28. The molecule has 1 heterocycles. The van der Waals surface area contributed by atoms with Crippen LogP contribution in [0.1, 0.15) is 10.4 Å². The van der Waals surface area contributed by atoms with Crippen LogP contribution in [0.5, 0.6) is 0 Å². The van der Waals surface area contributed by atoms with Gasteiger partial charge in [-0.2, -0.15) is 0 Å². The second-order valence-corrected chi connectivity index (χ2v) is 6.22. The fraction of sp³-hybridized carbons (Fsp3) is 0. The summed E-state index contributed by atoms with van der Waals surface area (Å²) in [5.41, 5.74) is 1.11. The molecule has 0 saturated carbocycles. The van der Waals surface area contributed by atoms with Gasteiger partial charge >= 0.3 is 0 Å². The third kappa shape index (κ3) is 2.98. The number of hydrogen-bond acceptors (Lipinski definition) is 6. The summed E-state index contributed by atoms with van der Waals surface area (Å²) in [7, 11) is -3.79. The standard InChI is InChI=1S/C13H10N4O5S/c14-23(20,21)10-4-2-9(3-5-10)15-13(18)8-1-6-12-11(7-8)16-22-17(12)19/h1-7H,(H,15,18)(H2,14,20,21). The summed E-state index contributed by atoms with van der Waals surface area (Å²) >= 11 is 0. The number of carbonyl (C=O) groups is 1. The Morgan fingerprint density at radius 1 is 1.22 bits per heavy atom. The van der Waals surface area contributed by atoms with Crippen molar-refractivity contribution >= 4 is 32.7 Å². The summed E-state index contributed by atoms with van der Waals surface area (Å²) in [4.78, 5) is 12.3. The van der Waals surface area contributed by atoms with Crippen molar-refractivity contribution < 1.29 is 22.7 Å². The second-order valence-electron chi connectivity index (χ2n) is 4.66. The first kappa shape index (κ1) is 14.9. The summed E-state index contributed by atoms with van der Waals surface area (Å²) < 4.78 is 26.7. The van der Waals surface area contributed by atoms with Crippen molar-refractivity contribution in [2.45, 2.75) is 4.90 Å². The lowest BCUT2D eigenvalue weighted by atomic mass is 10.2. The molecule has 0 unspecified atom stereocenters. The van der Waals surface area contributed by atoms with Gasteiger partial charge in [0.05, 0.1) is 4.90 Å². The molecule has 0 spiro atoms. The van der Waals surface area contributed by atoms with E-state index in [2.05, 4.69) is 15.1 Å². The van der Waals surface area contributed by atoms with Gasteiger partial charge in [-0.05, 0) is 41.3 Å². The lowest BCUT2D eigenvalue weighted by Crippen LogP contribution is -2.22. The number of rotatable bonds is 3. The van der Waals surface area contributed by atoms with Crippen molar-refractivity contribution in [3.05, 3.63) is 53.2 Å². The molecule has 0 radical (unpaired) electrons. The largest absolute Gasteiger partial charge is 0.359 e. The van der Waals surface area contributed by atoms with Crippen LogP contribution in [0.2, 0.25) is 0 Å². The van der Waals surface area contributed by atoms with E-state index in [1.165, 1.54) is 42.5 Å². The van der Waals surface area contributed by atoms with Gasteiger partial charge in [-0.3, -0.25) is 9.42 Å². The monoisotopic (exact) mass is 334 g/mol. The van der Waals surface area contributed by atoms with Gasteiger partial charge < -0.3 is 10.5 Å². The summed E-state index contributed by atoms with van der Waals surface area (Å²) in [6.45, 7) is 0. The molecule has 118 valence electrons. The Kier molecular flexibility index (Phi) is 3.47. The molecule has 0 saturated heterocycles. The van der Waals surface area contributed by atoms with Crippen LogP contribution in [0.25, 0.3) is 11.0 Å². The highest BCUT2D eigenvalue weighted by Gasteiger charge is 2.14. The zero-order valence-corrected chi connectivity index (χ0v) is 12.3. The summed E-state index contributed by atoms with van der Waals surface area (Å²) in [5.74, 6) is -0.448. The van der Waals surface area contributed by atoms with E-state index < -0.39 is 15.9 Å². The lowest BCUT2D eigenvalue weighted by molar-refractivity contribution is -0.782. The fourth-order valence-corrected chi connectivity index (χ4v) is 2.46. The predicted molar refractivity (Wildman–Crippen MR) is 78.7 cm³/mol. The van der Waals surface area contributed by atoms with Crippen LogP contribution in [0, 0.1) is 5.21 Å². The topological polar surface area (TPSA) is 142 Å². The third-order valence-corrected chi connectivity index (χ3v) is 4.02. The molecule has 0 aliphatic carbocycles. The molecule has 3 N–H and O–H groups in total. The minimum atomic E-state index is -3.79. The molecular formula is C13H10N4O5S. The third-order valence-electron chi connectivity index (χ3n) is 3.09. The van der Waals surface area contributed by atoms with Gasteiger partial charge in [0.15, 0.2) is 0 Å². The van der Waals surface area contributed by atoms with E-state index in [9.17, 15) is 18.4 Å². The number of carbonyl (C=O) groups excluding carboxylic acids is 1. The second kappa shape index (κ2) is 5.34. The molecule has 0 atom stereocenters. The minimum absolute atomic E-state index is 0.0560. The fourth-order valence-electron chi connectivity index (χ4n) is 1.95. The van der Waals surface area contributed by atoms with Gasteiger partial charge in [0.25, 0.3) is 5.91 Å². The summed E-state index contributed by atoms with van der Waals surface area (Å²) in [6.07, 6.45) is 0. The number of amides is 1. The average molecular weight is 334 g/mol. The van der Waals surface area contributed by atoms with Crippen LogP contribution in [0.3, 0.4) is 0 Å². The van der Waals surface area contributed by atoms with E-state index in [4.69, 9.17) is 5.14 Å². The maximum atomic E-state index is 12.1. The van der Waals surface area contributed by atoms with Crippen LogP contribution < -0.4 is 15.4 Å². The number of hydrogen-bond donors (Lipinski definition) is 2. The molecule has 1 amide bonds. The van der Waals surface area contributed by atoms with Gasteiger partial charge in [-0.1, -0.05) is 0 Å². The summed E-state index contributed by atoms with van der Waals surface area (Å²) in [6, 6.07) is 9.66. The molecular weight excluding hydrogens is 324 g/mol. The van der Waals surface area contributed by atoms with Gasteiger partial charge in [0.2, 0.25) is 21.1 Å². The first-order chi connectivity index (χ1) is 10.8. The SMILES string of the molecule is NS(=O)(=O)c1ccc(NC(=O)c2ccc3c(c2)no[n+]3[O-])cc1. The number of nitrogens with two attached hydrogens (primary N) is 1. The molecule has 0 bridgehead atoms. The number of nitrogens with one attached hydrogen (secondary N) is 1. The maximum absolute atomic E-state index is 12.1. The predicted octanol–water partition coefficient (Wildman–Crippen LogP) is 0.361. The van der Waals surface area contributed by atoms with Crippen molar-refractivity contribution in [3.63, 3.8) is 0 Å². The molecule has 3 rings (SSSR count). The van der Waals surface area contributed by atoms with E-state index in [1.54, 1.807) is 0 Å². The van der Waals surface area contributed by atoms with Crippen molar-refractivity contribution in [2.75, 3.05) is 5.32 Å².